The number of carbonyl (C=O) groups is 2. The average Bonchev–Trinajstić information content (AvgIpc) is 2.50. The minimum Gasteiger partial charge on any atom is -0.480 e. The molecule has 0 spiro atoms. The van der Waals surface area contributed by atoms with Crippen LogP contribution in [0.4, 0.5) is 4.39 Å². The zero-order valence-electron chi connectivity index (χ0n) is 12.9. The molecule has 1 aromatic rings. The molecule has 0 bridgehead atoms. The summed E-state index contributed by atoms with van der Waals surface area (Å²) in [5, 5.41) is 9.17. The van der Waals surface area contributed by atoms with Gasteiger partial charge in [-0.2, -0.15) is 0 Å². The van der Waals surface area contributed by atoms with Crippen LogP contribution in [-0.4, -0.2) is 59.0 Å². The standard InChI is InChI=1S/C16H21FN2O3/c1-3-14(16(21)22)18-6-8-19(9-7-18)15(20)12-5-4-11(2)13(17)10-12/h4-5,10,14H,3,6-9H2,1-2H3,(H,21,22). The van der Waals surface area contributed by atoms with Gasteiger partial charge in [0, 0.05) is 31.7 Å². The monoisotopic (exact) mass is 308 g/mol. The van der Waals surface area contributed by atoms with Gasteiger partial charge in [-0.3, -0.25) is 14.5 Å². The molecule has 1 unspecified atom stereocenters. The summed E-state index contributed by atoms with van der Waals surface area (Å²) in [4.78, 5) is 27.1. The number of piperazine rings is 1. The Morgan fingerprint density at radius 3 is 2.41 bits per heavy atom. The highest BCUT2D eigenvalue weighted by Gasteiger charge is 2.29. The number of amides is 1. The molecule has 1 heterocycles. The van der Waals surface area contributed by atoms with Gasteiger partial charge >= 0.3 is 5.97 Å². The molecule has 0 aliphatic carbocycles. The smallest absolute Gasteiger partial charge is 0.320 e. The van der Waals surface area contributed by atoms with Gasteiger partial charge in [0.25, 0.3) is 5.91 Å². The zero-order valence-corrected chi connectivity index (χ0v) is 12.9. The third-order valence-corrected chi connectivity index (χ3v) is 4.13. The quantitative estimate of drug-likeness (QED) is 0.920. The number of aryl methyl sites for hydroxylation is 1. The number of benzene rings is 1. The summed E-state index contributed by atoms with van der Waals surface area (Å²) in [5.41, 5.74) is 0.843. The van der Waals surface area contributed by atoms with Crippen LogP contribution in [0.1, 0.15) is 29.3 Å². The normalized spacial score (nSPS) is 17.3. The number of carboxylic acids is 1. The maximum absolute atomic E-state index is 13.6. The molecule has 6 heteroatoms. The van der Waals surface area contributed by atoms with Crippen molar-refractivity contribution in [3.8, 4) is 0 Å². The van der Waals surface area contributed by atoms with Crippen LogP contribution in [0, 0.1) is 12.7 Å². The molecular weight excluding hydrogens is 287 g/mol. The minimum absolute atomic E-state index is 0.207. The summed E-state index contributed by atoms with van der Waals surface area (Å²) in [5.74, 6) is -1.42. The molecule has 1 amide bonds. The van der Waals surface area contributed by atoms with Crippen LogP contribution in [0.5, 0.6) is 0 Å². The Morgan fingerprint density at radius 2 is 1.91 bits per heavy atom. The molecule has 2 rings (SSSR count). The lowest BCUT2D eigenvalue weighted by molar-refractivity contribution is -0.144. The van der Waals surface area contributed by atoms with Crippen LogP contribution in [0.25, 0.3) is 0 Å². The topological polar surface area (TPSA) is 60.9 Å². The van der Waals surface area contributed by atoms with Gasteiger partial charge in [-0.15, -0.1) is 0 Å². The number of aliphatic carboxylic acids is 1. The fourth-order valence-electron chi connectivity index (χ4n) is 2.73. The highest BCUT2D eigenvalue weighted by Crippen LogP contribution is 2.15. The summed E-state index contributed by atoms with van der Waals surface area (Å²) >= 11 is 0. The van der Waals surface area contributed by atoms with Crippen molar-refractivity contribution in [2.45, 2.75) is 26.3 Å². The van der Waals surface area contributed by atoms with Crippen molar-refractivity contribution in [2.75, 3.05) is 26.2 Å². The first kappa shape index (κ1) is 16.4. The molecule has 1 atom stereocenters. The van der Waals surface area contributed by atoms with Crippen molar-refractivity contribution in [3.05, 3.63) is 35.1 Å². The second-order valence-electron chi connectivity index (χ2n) is 5.55. The van der Waals surface area contributed by atoms with Gasteiger partial charge in [0.1, 0.15) is 11.9 Å². The first-order valence-electron chi connectivity index (χ1n) is 7.46. The average molecular weight is 308 g/mol. The third kappa shape index (κ3) is 3.44. The lowest BCUT2D eigenvalue weighted by Crippen LogP contribution is -2.53. The number of nitrogens with zero attached hydrogens (tertiary/aromatic N) is 2. The number of hydrogen-bond donors (Lipinski definition) is 1. The molecule has 1 saturated heterocycles. The lowest BCUT2D eigenvalue weighted by Gasteiger charge is -2.37. The van der Waals surface area contributed by atoms with E-state index in [9.17, 15) is 19.1 Å². The molecule has 1 fully saturated rings. The van der Waals surface area contributed by atoms with E-state index in [1.165, 1.54) is 6.07 Å². The van der Waals surface area contributed by atoms with E-state index in [1.54, 1.807) is 24.0 Å². The minimum atomic E-state index is -0.831. The van der Waals surface area contributed by atoms with Crippen LogP contribution in [0.15, 0.2) is 18.2 Å². The van der Waals surface area contributed by atoms with E-state index in [4.69, 9.17) is 0 Å². The molecule has 120 valence electrons. The van der Waals surface area contributed by atoms with E-state index < -0.39 is 12.0 Å². The van der Waals surface area contributed by atoms with Crippen LogP contribution in [0.2, 0.25) is 0 Å². The highest BCUT2D eigenvalue weighted by molar-refractivity contribution is 5.94. The van der Waals surface area contributed by atoms with Gasteiger partial charge in [0.2, 0.25) is 0 Å². The lowest BCUT2D eigenvalue weighted by atomic mass is 10.1. The Morgan fingerprint density at radius 1 is 1.27 bits per heavy atom. The number of carbonyl (C=O) groups excluding carboxylic acids is 1. The summed E-state index contributed by atoms with van der Waals surface area (Å²) in [6.45, 7) is 5.44. The van der Waals surface area contributed by atoms with Gasteiger partial charge in [0.15, 0.2) is 0 Å². The molecule has 1 aliphatic heterocycles. The predicted octanol–water partition coefficient (Wildman–Crippen LogP) is 1.76. The number of carboxylic acid groups (broad SMARTS) is 1. The fraction of sp³-hybridized carbons (Fsp3) is 0.500. The predicted molar refractivity (Wildman–Crippen MR) is 80.3 cm³/mol. The van der Waals surface area contributed by atoms with Crippen molar-refractivity contribution < 1.29 is 19.1 Å². The molecule has 5 nitrogen and oxygen atoms in total. The van der Waals surface area contributed by atoms with E-state index in [0.29, 0.717) is 43.7 Å². The molecule has 0 saturated carbocycles. The van der Waals surface area contributed by atoms with Gasteiger partial charge in [-0.25, -0.2) is 4.39 Å². The molecule has 22 heavy (non-hydrogen) atoms. The zero-order chi connectivity index (χ0) is 16.3. The van der Waals surface area contributed by atoms with Crippen molar-refractivity contribution in [2.24, 2.45) is 0 Å². The highest BCUT2D eigenvalue weighted by atomic mass is 19.1. The molecule has 0 aromatic heterocycles. The molecule has 1 aliphatic rings. The van der Waals surface area contributed by atoms with Crippen molar-refractivity contribution in [1.29, 1.82) is 0 Å². The van der Waals surface area contributed by atoms with E-state index >= 15 is 0 Å². The molecule has 0 radical (unpaired) electrons. The van der Waals surface area contributed by atoms with Crippen molar-refractivity contribution in [3.63, 3.8) is 0 Å². The van der Waals surface area contributed by atoms with Gasteiger partial charge in [0.05, 0.1) is 0 Å². The number of rotatable bonds is 4. The van der Waals surface area contributed by atoms with Crippen molar-refractivity contribution in [1.82, 2.24) is 9.80 Å². The largest absolute Gasteiger partial charge is 0.480 e. The number of halogens is 1. The second-order valence-corrected chi connectivity index (χ2v) is 5.55. The Labute approximate surface area is 129 Å². The van der Waals surface area contributed by atoms with Crippen LogP contribution in [-0.2, 0) is 4.79 Å². The van der Waals surface area contributed by atoms with Crippen LogP contribution >= 0.6 is 0 Å². The number of hydrogen-bond acceptors (Lipinski definition) is 3. The van der Waals surface area contributed by atoms with E-state index in [1.807, 2.05) is 11.8 Å². The Kier molecular flexibility index (Phi) is 5.13. The van der Waals surface area contributed by atoms with Gasteiger partial charge in [-0.05, 0) is 31.0 Å². The first-order chi connectivity index (χ1) is 10.4. The van der Waals surface area contributed by atoms with E-state index in [2.05, 4.69) is 0 Å². The second kappa shape index (κ2) is 6.87. The summed E-state index contributed by atoms with van der Waals surface area (Å²) in [6, 6.07) is 3.97. The van der Waals surface area contributed by atoms with Gasteiger partial charge < -0.3 is 10.0 Å². The van der Waals surface area contributed by atoms with Crippen LogP contribution < -0.4 is 0 Å². The SMILES string of the molecule is CCC(C(=O)O)N1CCN(C(=O)c2ccc(C)c(F)c2)CC1. The third-order valence-electron chi connectivity index (χ3n) is 4.13. The maximum atomic E-state index is 13.6. The fourth-order valence-corrected chi connectivity index (χ4v) is 2.73. The Balaban J connectivity index is 2.00. The van der Waals surface area contributed by atoms with E-state index in [0.717, 1.165) is 0 Å². The Bertz CT molecular complexity index is 569. The van der Waals surface area contributed by atoms with Crippen molar-refractivity contribution >= 4 is 11.9 Å². The summed E-state index contributed by atoms with van der Waals surface area (Å²) < 4.78 is 13.6. The Hall–Kier alpha value is -1.95. The molecular formula is C16H21FN2O3. The summed E-state index contributed by atoms with van der Waals surface area (Å²) in [6.07, 6.45) is 0.534. The molecule has 1 N–H and O–H groups in total. The maximum Gasteiger partial charge on any atom is 0.320 e. The molecule has 1 aromatic carbocycles. The van der Waals surface area contributed by atoms with Crippen LogP contribution in [0.3, 0.4) is 0 Å². The van der Waals surface area contributed by atoms with Gasteiger partial charge in [-0.1, -0.05) is 13.0 Å². The first-order valence-corrected chi connectivity index (χ1v) is 7.46. The summed E-state index contributed by atoms with van der Waals surface area (Å²) in [7, 11) is 0. The van der Waals surface area contributed by atoms with E-state index in [-0.39, 0.29) is 11.7 Å².